The van der Waals surface area contributed by atoms with Gasteiger partial charge in [-0.3, -0.25) is 4.79 Å². The third-order valence-electron chi connectivity index (χ3n) is 6.95. The summed E-state index contributed by atoms with van der Waals surface area (Å²) in [7, 11) is 0. The van der Waals surface area contributed by atoms with Crippen LogP contribution in [-0.2, 0) is 9.53 Å². The van der Waals surface area contributed by atoms with Crippen LogP contribution in [0.5, 0.6) is 5.75 Å². The SMILES string of the molecule is Cc1cc(C)c(C2=C(O)[C@H]3[C@@H](C2=O)[C@@H]2CC(c4ccccc4OC(F)(F)F)[C@H]3O2)c(C)c1. The van der Waals surface area contributed by atoms with Gasteiger partial charge in [-0.25, -0.2) is 0 Å². The molecule has 32 heavy (non-hydrogen) atoms. The van der Waals surface area contributed by atoms with E-state index < -0.39 is 36.3 Å². The van der Waals surface area contributed by atoms with Crippen LogP contribution in [0.2, 0.25) is 0 Å². The summed E-state index contributed by atoms with van der Waals surface area (Å²) in [5.74, 6) is -1.91. The van der Waals surface area contributed by atoms with Crippen LogP contribution in [-0.4, -0.2) is 29.5 Å². The summed E-state index contributed by atoms with van der Waals surface area (Å²) in [4.78, 5) is 13.4. The van der Waals surface area contributed by atoms with Crippen LogP contribution < -0.4 is 4.74 Å². The fourth-order valence-corrected chi connectivity index (χ4v) is 5.99. The number of aliphatic hydroxyl groups excluding tert-OH is 1. The van der Waals surface area contributed by atoms with E-state index in [1.54, 1.807) is 12.1 Å². The molecule has 2 heterocycles. The predicted molar refractivity (Wildman–Crippen MR) is 111 cm³/mol. The van der Waals surface area contributed by atoms with E-state index in [-0.39, 0.29) is 17.3 Å². The summed E-state index contributed by atoms with van der Waals surface area (Å²) >= 11 is 0. The van der Waals surface area contributed by atoms with Crippen molar-refractivity contribution in [2.45, 2.75) is 51.7 Å². The number of halogens is 3. The minimum absolute atomic E-state index is 0.0125. The van der Waals surface area contributed by atoms with Crippen molar-refractivity contribution < 1.29 is 32.5 Å². The normalized spacial score (nSPS) is 29.1. The third-order valence-corrected chi connectivity index (χ3v) is 6.95. The molecule has 1 N–H and O–H groups in total. The maximum atomic E-state index is 13.4. The van der Waals surface area contributed by atoms with Gasteiger partial charge in [0.2, 0.25) is 0 Å². The van der Waals surface area contributed by atoms with E-state index in [4.69, 9.17) is 4.74 Å². The van der Waals surface area contributed by atoms with Gasteiger partial charge in [-0.2, -0.15) is 0 Å². The minimum atomic E-state index is -4.81. The second kappa shape index (κ2) is 7.10. The lowest BCUT2D eigenvalue weighted by atomic mass is 9.72. The molecule has 7 heteroatoms. The number of hydrogen-bond acceptors (Lipinski definition) is 4. The number of Topliss-reactive ketones (excluding diaryl/α,β-unsaturated/α-hetero) is 1. The van der Waals surface area contributed by atoms with E-state index in [1.165, 1.54) is 12.1 Å². The Kier molecular flexibility index (Phi) is 4.68. The second-order valence-corrected chi connectivity index (χ2v) is 9.02. The highest BCUT2D eigenvalue weighted by Gasteiger charge is 2.63. The van der Waals surface area contributed by atoms with Gasteiger partial charge >= 0.3 is 6.36 Å². The first-order valence-electron chi connectivity index (χ1n) is 10.6. The monoisotopic (exact) mass is 444 g/mol. The number of ketones is 1. The van der Waals surface area contributed by atoms with E-state index >= 15 is 0 Å². The van der Waals surface area contributed by atoms with Crippen molar-refractivity contribution in [1.29, 1.82) is 0 Å². The molecule has 5 rings (SSSR count). The molecule has 168 valence electrons. The van der Waals surface area contributed by atoms with Crippen LogP contribution in [0.1, 0.15) is 40.2 Å². The van der Waals surface area contributed by atoms with Crippen molar-refractivity contribution in [2.75, 3.05) is 0 Å². The second-order valence-electron chi connectivity index (χ2n) is 9.02. The number of carbonyl (C=O) groups is 1. The Labute approximate surface area is 183 Å². The van der Waals surface area contributed by atoms with Crippen molar-refractivity contribution in [1.82, 2.24) is 0 Å². The highest BCUT2D eigenvalue weighted by Crippen LogP contribution is 2.59. The fraction of sp³-hybridized carbons (Fsp3) is 0.400. The Hall–Kier alpha value is -2.80. The number of aliphatic hydroxyl groups is 1. The van der Waals surface area contributed by atoms with Gasteiger partial charge in [0.05, 0.1) is 29.6 Å². The van der Waals surface area contributed by atoms with Gasteiger partial charge in [-0.1, -0.05) is 35.9 Å². The molecule has 0 radical (unpaired) electrons. The molecule has 1 unspecified atom stereocenters. The Balaban J connectivity index is 1.55. The molecule has 1 aliphatic carbocycles. The number of ether oxygens (including phenoxy) is 2. The van der Waals surface area contributed by atoms with E-state index in [2.05, 4.69) is 4.74 Å². The summed E-state index contributed by atoms with van der Waals surface area (Å²) < 4.78 is 49.1. The molecule has 3 aliphatic rings. The van der Waals surface area contributed by atoms with Crippen LogP contribution in [0.3, 0.4) is 0 Å². The quantitative estimate of drug-likeness (QED) is 0.675. The van der Waals surface area contributed by atoms with Crippen molar-refractivity contribution in [3.8, 4) is 5.75 Å². The van der Waals surface area contributed by atoms with Gasteiger partial charge in [0, 0.05) is 11.5 Å². The maximum absolute atomic E-state index is 13.4. The lowest BCUT2D eigenvalue weighted by Crippen LogP contribution is -2.34. The van der Waals surface area contributed by atoms with Crippen LogP contribution in [0.25, 0.3) is 5.57 Å². The highest BCUT2D eigenvalue weighted by molar-refractivity contribution is 6.26. The van der Waals surface area contributed by atoms with E-state index in [1.807, 2.05) is 32.9 Å². The number of para-hydroxylation sites is 1. The topological polar surface area (TPSA) is 55.8 Å². The molecule has 0 amide bonds. The lowest BCUT2D eigenvalue weighted by molar-refractivity contribution is -0.275. The average Bonchev–Trinajstić information content (AvgIpc) is 3.34. The first-order chi connectivity index (χ1) is 15.1. The van der Waals surface area contributed by atoms with Gasteiger partial charge in [-0.05, 0) is 49.9 Å². The molecular formula is C25H23F3O4. The number of carbonyl (C=O) groups excluding carboxylic acids is 1. The zero-order chi connectivity index (χ0) is 22.9. The molecule has 0 aromatic heterocycles. The van der Waals surface area contributed by atoms with Crippen LogP contribution in [0, 0.1) is 32.6 Å². The molecule has 2 aliphatic heterocycles. The number of fused-ring (bicyclic) bond motifs is 5. The van der Waals surface area contributed by atoms with Crippen LogP contribution in [0.4, 0.5) is 13.2 Å². The molecular weight excluding hydrogens is 421 g/mol. The summed E-state index contributed by atoms with van der Waals surface area (Å²) in [5, 5.41) is 11.2. The molecule has 2 saturated heterocycles. The van der Waals surface area contributed by atoms with Gasteiger partial charge in [-0.15, -0.1) is 13.2 Å². The van der Waals surface area contributed by atoms with Crippen LogP contribution >= 0.6 is 0 Å². The molecule has 2 bridgehead atoms. The van der Waals surface area contributed by atoms with Crippen molar-refractivity contribution in [3.05, 3.63) is 70.0 Å². The number of benzene rings is 2. The summed E-state index contributed by atoms with van der Waals surface area (Å²) in [6, 6.07) is 9.97. The molecule has 2 fully saturated rings. The number of aryl methyl sites for hydroxylation is 3. The van der Waals surface area contributed by atoms with E-state index in [9.17, 15) is 23.1 Å². The summed E-state index contributed by atoms with van der Waals surface area (Å²) in [5.41, 5.74) is 4.33. The molecule has 0 saturated carbocycles. The van der Waals surface area contributed by atoms with Crippen molar-refractivity contribution in [2.24, 2.45) is 11.8 Å². The maximum Gasteiger partial charge on any atom is 0.573 e. The zero-order valence-electron chi connectivity index (χ0n) is 17.9. The highest BCUT2D eigenvalue weighted by atomic mass is 19.4. The standard InChI is InChI=1S/C25H23F3O4/c1-11-8-12(2)18(13(3)9-11)20-22(29)19-17-10-15(24(31-17)21(19)23(20)30)14-6-4-5-7-16(14)32-25(26,27)28/h4-9,15,17,19,21,24,30H,10H2,1-3H3/t15?,17-,19-,21+,24+/m0/s1. The molecule has 4 nitrogen and oxygen atoms in total. The number of allylic oxidation sites excluding steroid dienone is 1. The Morgan fingerprint density at radius 2 is 1.72 bits per heavy atom. The fourth-order valence-electron chi connectivity index (χ4n) is 5.99. The first kappa shape index (κ1) is 21.1. The zero-order valence-corrected chi connectivity index (χ0v) is 17.9. The van der Waals surface area contributed by atoms with Crippen molar-refractivity contribution in [3.63, 3.8) is 0 Å². The number of hydrogen-bond donors (Lipinski definition) is 1. The summed E-state index contributed by atoms with van der Waals surface area (Å²) in [6.45, 7) is 5.80. The smallest absolute Gasteiger partial charge is 0.511 e. The molecule has 2 aromatic carbocycles. The first-order valence-corrected chi connectivity index (χ1v) is 10.6. The number of alkyl halides is 3. The van der Waals surface area contributed by atoms with E-state index in [0.717, 1.165) is 22.3 Å². The Morgan fingerprint density at radius 1 is 1.06 bits per heavy atom. The van der Waals surface area contributed by atoms with Crippen LogP contribution in [0.15, 0.2) is 42.2 Å². The average molecular weight is 444 g/mol. The van der Waals surface area contributed by atoms with Gasteiger partial charge in [0.15, 0.2) is 5.78 Å². The van der Waals surface area contributed by atoms with Gasteiger partial charge in [0.1, 0.15) is 11.5 Å². The Morgan fingerprint density at radius 3 is 2.38 bits per heavy atom. The van der Waals surface area contributed by atoms with E-state index in [0.29, 0.717) is 17.6 Å². The summed E-state index contributed by atoms with van der Waals surface area (Å²) in [6.07, 6.45) is -5.44. The molecule has 0 spiro atoms. The van der Waals surface area contributed by atoms with Gasteiger partial charge < -0.3 is 14.6 Å². The Bertz CT molecular complexity index is 1130. The van der Waals surface area contributed by atoms with Gasteiger partial charge in [0.25, 0.3) is 0 Å². The third kappa shape index (κ3) is 3.13. The number of rotatable bonds is 3. The molecule has 2 aromatic rings. The minimum Gasteiger partial charge on any atom is -0.511 e. The lowest BCUT2D eigenvalue weighted by Gasteiger charge is -2.29. The molecule has 5 atom stereocenters. The predicted octanol–water partition coefficient (Wildman–Crippen LogP) is 5.55. The largest absolute Gasteiger partial charge is 0.573 e. The van der Waals surface area contributed by atoms with Crippen molar-refractivity contribution >= 4 is 11.4 Å².